The SMILES string of the molecule is CC1(C)C(c2ccc(C(=O)O)cc2)=CC[C@]2(C)[C@H]3CC[C@@H]4[C@H]5[C@H](C(=O)N6CCOCC6)CC[C@]5(NCCN5CCS(O)(O)CC5)CC[C@@]4(C)[C@]3(C)CC[C@@H]12. The summed E-state index contributed by atoms with van der Waals surface area (Å²) in [5, 5.41) is 13.7. The summed E-state index contributed by atoms with van der Waals surface area (Å²) in [5.74, 6) is 2.40. The third kappa shape index (κ3) is 6.14. The Bertz CT molecular complexity index is 1630. The number of morpholine rings is 1. The highest BCUT2D eigenvalue weighted by Gasteiger charge is 2.71. The summed E-state index contributed by atoms with van der Waals surface area (Å²) in [6, 6.07) is 7.54. The molecule has 4 saturated carbocycles. The van der Waals surface area contributed by atoms with Crippen molar-refractivity contribution in [2.24, 2.45) is 51.2 Å². The molecule has 0 aromatic heterocycles. The van der Waals surface area contributed by atoms with Crippen LogP contribution in [0.2, 0.25) is 0 Å². The Labute approximate surface area is 325 Å². The number of carboxylic acids is 1. The van der Waals surface area contributed by atoms with E-state index in [0.717, 1.165) is 57.4 Å². The van der Waals surface area contributed by atoms with E-state index in [1.807, 2.05) is 12.1 Å². The van der Waals surface area contributed by atoms with Gasteiger partial charge in [-0.05, 0) is 126 Å². The summed E-state index contributed by atoms with van der Waals surface area (Å²) in [6.07, 6.45) is 12.7. The van der Waals surface area contributed by atoms with Crippen LogP contribution in [0.25, 0.3) is 5.57 Å². The lowest BCUT2D eigenvalue weighted by molar-refractivity contribution is -0.221. The number of ether oxygens (including phenoxy) is 1. The molecule has 8 rings (SSSR count). The van der Waals surface area contributed by atoms with Crippen molar-refractivity contribution in [3.8, 4) is 0 Å². The summed E-state index contributed by atoms with van der Waals surface area (Å²) in [7, 11) is -2.41. The zero-order valence-electron chi connectivity index (χ0n) is 33.6. The second-order valence-electron chi connectivity index (χ2n) is 19.8. The van der Waals surface area contributed by atoms with Crippen LogP contribution in [0.4, 0.5) is 0 Å². The van der Waals surface area contributed by atoms with E-state index in [0.29, 0.717) is 73.0 Å². The Morgan fingerprint density at radius 3 is 2.24 bits per heavy atom. The van der Waals surface area contributed by atoms with Crippen LogP contribution in [0.15, 0.2) is 30.3 Å². The molecule has 0 bridgehead atoms. The van der Waals surface area contributed by atoms with Crippen LogP contribution in [0.3, 0.4) is 0 Å². The lowest BCUT2D eigenvalue weighted by atomic mass is 9.33. The number of carboxylic acid groups (broad SMARTS) is 1. The van der Waals surface area contributed by atoms with E-state index in [4.69, 9.17) is 4.74 Å². The molecular formula is C44H67N3O6S. The van der Waals surface area contributed by atoms with Gasteiger partial charge in [0.25, 0.3) is 0 Å². The molecule has 2 aliphatic heterocycles. The third-order valence-corrected chi connectivity index (χ3v) is 19.1. The van der Waals surface area contributed by atoms with Gasteiger partial charge in [0, 0.05) is 50.7 Å². The van der Waals surface area contributed by atoms with Gasteiger partial charge in [0.1, 0.15) is 0 Å². The first-order chi connectivity index (χ1) is 25.5. The monoisotopic (exact) mass is 765 g/mol. The quantitative estimate of drug-likeness (QED) is 0.223. The number of hydrogen-bond donors (Lipinski definition) is 4. The van der Waals surface area contributed by atoms with Crippen molar-refractivity contribution in [3.05, 3.63) is 41.5 Å². The van der Waals surface area contributed by atoms with Crippen LogP contribution in [0.5, 0.6) is 0 Å². The average molecular weight is 766 g/mol. The van der Waals surface area contributed by atoms with Gasteiger partial charge < -0.3 is 20.1 Å². The first-order valence-corrected chi connectivity index (χ1v) is 23.1. The summed E-state index contributed by atoms with van der Waals surface area (Å²) >= 11 is 0. The molecular weight excluding hydrogens is 699 g/mol. The predicted molar refractivity (Wildman–Crippen MR) is 216 cm³/mol. The summed E-state index contributed by atoms with van der Waals surface area (Å²) in [5.41, 5.74) is 3.25. The van der Waals surface area contributed by atoms with E-state index in [9.17, 15) is 23.8 Å². The molecule has 0 unspecified atom stereocenters. The fourth-order valence-corrected chi connectivity index (χ4v) is 15.8. The summed E-state index contributed by atoms with van der Waals surface area (Å²) in [4.78, 5) is 30.7. The third-order valence-electron chi connectivity index (χ3n) is 17.5. The molecule has 0 spiro atoms. The Kier molecular flexibility index (Phi) is 9.99. The molecule has 4 N–H and O–H groups in total. The second kappa shape index (κ2) is 13.9. The molecule has 9 nitrogen and oxygen atoms in total. The van der Waals surface area contributed by atoms with Crippen molar-refractivity contribution in [3.63, 3.8) is 0 Å². The summed E-state index contributed by atoms with van der Waals surface area (Å²) < 4.78 is 26.1. The number of amides is 1. The molecule has 9 atom stereocenters. The Morgan fingerprint density at radius 1 is 0.852 bits per heavy atom. The van der Waals surface area contributed by atoms with Crippen molar-refractivity contribution in [1.82, 2.24) is 15.1 Å². The Morgan fingerprint density at radius 2 is 1.56 bits per heavy atom. The molecule has 300 valence electrons. The van der Waals surface area contributed by atoms with E-state index in [1.165, 1.54) is 37.7 Å². The molecule has 7 aliphatic rings. The minimum Gasteiger partial charge on any atom is -0.478 e. The van der Waals surface area contributed by atoms with Gasteiger partial charge in [-0.3, -0.25) is 18.8 Å². The fraction of sp³-hybridized carbons (Fsp3) is 0.773. The molecule has 1 aromatic rings. The molecule has 5 aliphatic carbocycles. The zero-order chi connectivity index (χ0) is 38.3. The fourth-order valence-electron chi connectivity index (χ4n) is 14.5. The van der Waals surface area contributed by atoms with Crippen molar-refractivity contribution >= 4 is 28.0 Å². The molecule has 2 heterocycles. The number of nitrogens with zero attached hydrogens (tertiary/aromatic N) is 2. The Balaban J connectivity index is 1.08. The highest BCUT2D eigenvalue weighted by atomic mass is 32.3. The highest BCUT2D eigenvalue weighted by molar-refractivity contribution is 8.24. The van der Waals surface area contributed by atoms with E-state index in [1.54, 1.807) is 12.1 Å². The van der Waals surface area contributed by atoms with E-state index in [-0.39, 0.29) is 33.1 Å². The first-order valence-electron chi connectivity index (χ1n) is 21.2. The maximum absolute atomic E-state index is 14.6. The number of benzene rings is 1. The van der Waals surface area contributed by atoms with Crippen LogP contribution in [-0.4, -0.2) is 105 Å². The standard InChI is InChI=1S/C44H67N3O6S/c1-40(2)33(30-6-8-31(9-7-30)39(49)50)13-15-41(3)35(40)14-16-43(5)36(41)11-10-34-37-32(38(48)47-22-26-53-27-23-47)12-17-44(37,19-18-42(34,43)4)45-20-21-46-24-28-54(51,52)29-25-46/h6-9,13,32,34-37,45,51-52H,10-12,14-29H2,1-5H3,(H,49,50)/t32-,34-,35+,36-,37-,41+,42-,43-,44+/m1/s1. The van der Waals surface area contributed by atoms with Crippen LogP contribution in [0.1, 0.15) is 108 Å². The van der Waals surface area contributed by atoms with Gasteiger partial charge >= 0.3 is 5.97 Å². The predicted octanol–water partition coefficient (Wildman–Crippen LogP) is 7.73. The first kappa shape index (κ1) is 38.9. The summed E-state index contributed by atoms with van der Waals surface area (Å²) in [6.45, 7) is 18.7. The maximum Gasteiger partial charge on any atom is 0.335 e. The van der Waals surface area contributed by atoms with E-state index < -0.39 is 16.6 Å². The second-order valence-corrected chi connectivity index (χ2v) is 22.3. The van der Waals surface area contributed by atoms with Gasteiger partial charge in [0.2, 0.25) is 5.91 Å². The topological polar surface area (TPSA) is 123 Å². The van der Waals surface area contributed by atoms with Crippen LogP contribution >= 0.6 is 10.6 Å². The van der Waals surface area contributed by atoms with Gasteiger partial charge in [-0.1, -0.05) is 52.8 Å². The van der Waals surface area contributed by atoms with Gasteiger partial charge in [0.15, 0.2) is 0 Å². The van der Waals surface area contributed by atoms with Crippen LogP contribution < -0.4 is 5.32 Å². The maximum atomic E-state index is 14.6. The van der Waals surface area contributed by atoms with Gasteiger partial charge in [-0.2, -0.15) is 10.6 Å². The van der Waals surface area contributed by atoms with Crippen LogP contribution in [-0.2, 0) is 9.53 Å². The van der Waals surface area contributed by atoms with Crippen molar-refractivity contribution < 1.29 is 28.5 Å². The molecule has 1 aromatic carbocycles. The van der Waals surface area contributed by atoms with Gasteiger partial charge in [-0.15, -0.1) is 0 Å². The highest BCUT2D eigenvalue weighted by Crippen LogP contribution is 2.76. The number of aromatic carboxylic acids is 1. The normalized spacial score (nSPS) is 42.1. The van der Waals surface area contributed by atoms with E-state index in [2.05, 4.69) is 55.8 Å². The lowest BCUT2D eigenvalue weighted by Gasteiger charge is -2.72. The lowest BCUT2D eigenvalue weighted by Crippen LogP contribution is -2.68. The van der Waals surface area contributed by atoms with Crippen molar-refractivity contribution in [2.45, 2.75) is 97.9 Å². The minimum atomic E-state index is -2.41. The number of rotatable bonds is 7. The van der Waals surface area contributed by atoms with Crippen molar-refractivity contribution in [2.75, 3.05) is 64.0 Å². The Hall–Kier alpha value is -1.95. The van der Waals surface area contributed by atoms with Crippen LogP contribution in [0, 0.1) is 51.2 Å². The zero-order valence-corrected chi connectivity index (χ0v) is 34.4. The number of hydrogen-bond acceptors (Lipinski definition) is 7. The molecule has 2 saturated heterocycles. The molecule has 54 heavy (non-hydrogen) atoms. The number of carbonyl (C=O) groups excluding carboxylic acids is 1. The smallest absolute Gasteiger partial charge is 0.335 e. The molecule has 6 fully saturated rings. The minimum absolute atomic E-state index is 0.0326. The number of carbonyl (C=O) groups is 2. The number of allylic oxidation sites excluding steroid dienone is 2. The molecule has 10 heteroatoms. The number of fused-ring (bicyclic) bond motifs is 7. The van der Waals surface area contributed by atoms with Gasteiger partial charge in [-0.25, -0.2) is 4.79 Å². The average Bonchev–Trinajstić information content (AvgIpc) is 3.52. The molecule has 1 amide bonds. The molecule has 0 radical (unpaired) electrons. The largest absolute Gasteiger partial charge is 0.478 e. The van der Waals surface area contributed by atoms with E-state index >= 15 is 0 Å². The van der Waals surface area contributed by atoms with Crippen molar-refractivity contribution in [1.29, 1.82) is 0 Å². The van der Waals surface area contributed by atoms with Gasteiger partial charge in [0.05, 0.1) is 30.3 Å². The number of nitrogens with one attached hydrogen (secondary N) is 1.